The van der Waals surface area contributed by atoms with Crippen LogP contribution in [0.15, 0.2) is 12.1 Å². The van der Waals surface area contributed by atoms with Crippen molar-refractivity contribution in [1.29, 1.82) is 0 Å². The van der Waals surface area contributed by atoms with E-state index in [9.17, 15) is 0 Å². The third-order valence-corrected chi connectivity index (χ3v) is 3.99. The first-order chi connectivity index (χ1) is 7.48. The summed E-state index contributed by atoms with van der Waals surface area (Å²) in [5, 5.41) is 0. The highest BCUT2D eigenvalue weighted by atomic mass is 32.2. The van der Waals surface area contributed by atoms with Crippen molar-refractivity contribution >= 4 is 29.1 Å². The molecule has 2 rings (SSSR count). The van der Waals surface area contributed by atoms with Gasteiger partial charge in [-0.05, 0) is 26.0 Å². The Kier molecular flexibility index (Phi) is 2.88. The minimum atomic E-state index is 0.274. The summed E-state index contributed by atoms with van der Waals surface area (Å²) < 4.78 is 0.274. The third-order valence-electron chi connectivity index (χ3n) is 2.69. The van der Waals surface area contributed by atoms with Gasteiger partial charge in [0.15, 0.2) is 0 Å². The zero-order chi connectivity index (χ0) is 11.8. The lowest BCUT2D eigenvalue weighted by Crippen LogP contribution is -2.43. The third kappa shape index (κ3) is 2.35. The summed E-state index contributed by atoms with van der Waals surface area (Å²) in [6, 6.07) is 3.77. The van der Waals surface area contributed by atoms with E-state index < -0.39 is 0 Å². The molecule has 0 radical (unpaired) electrons. The van der Waals surface area contributed by atoms with Gasteiger partial charge in [-0.15, -0.1) is 0 Å². The molecule has 4 nitrogen and oxygen atoms in total. The summed E-state index contributed by atoms with van der Waals surface area (Å²) in [7, 11) is 0. The van der Waals surface area contributed by atoms with Gasteiger partial charge in [-0.1, -0.05) is 0 Å². The number of anilines is 3. The second-order valence-electron chi connectivity index (χ2n) is 4.67. The van der Waals surface area contributed by atoms with E-state index >= 15 is 0 Å². The smallest absolute Gasteiger partial charge is 0.149 e. The van der Waals surface area contributed by atoms with Crippen LogP contribution in [0.4, 0.5) is 17.3 Å². The first-order valence-corrected chi connectivity index (χ1v) is 6.37. The van der Waals surface area contributed by atoms with Crippen LogP contribution in [0.3, 0.4) is 0 Å². The van der Waals surface area contributed by atoms with E-state index in [-0.39, 0.29) is 4.75 Å². The highest BCUT2D eigenvalue weighted by molar-refractivity contribution is 8.00. The van der Waals surface area contributed by atoms with Gasteiger partial charge < -0.3 is 16.4 Å². The van der Waals surface area contributed by atoms with Crippen LogP contribution >= 0.6 is 11.8 Å². The van der Waals surface area contributed by atoms with Crippen LogP contribution in [0.5, 0.6) is 0 Å². The van der Waals surface area contributed by atoms with Crippen LogP contribution in [-0.2, 0) is 0 Å². The van der Waals surface area contributed by atoms with Crippen molar-refractivity contribution in [2.24, 2.45) is 0 Å². The summed E-state index contributed by atoms with van der Waals surface area (Å²) in [6.07, 6.45) is 0. The van der Waals surface area contributed by atoms with Crippen molar-refractivity contribution in [1.82, 2.24) is 4.98 Å². The number of thioether (sulfide) groups is 1. The van der Waals surface area contributed by atoms with Gasteiger partial charge in [0.25, 0.3) is 0 Å². The summed E-state index contributed by atoms with van der Waals surface area (Å²) in [4.78, 5) is 6.60. The van der Waals surface area contributed by atoms with Gasteiger partial charge in [-0.2, -0.15) is 11.8 Å². The van der Waals surface area contributed by atoms with Crippen molar-refractivity contribution in [3.05, 3.63) is 12.1 Å². The Morgan fingerprint density at radius 2 is 2.12 bits per heavy atom. The summed E-state index contributed by atoms with van der Waals surface area (Å²) in [5.41, 5.74) is 11.9. The van der Waals surface area contributed by atoms with Gasteiger partial charge in [-0.3, -0.25) is 0 Å². The molecule has 1 saturated heterocycles. The number of hydrogen-bond donors (Lipinski definition) is 2. The lowest BCUT2D eigenvalue weighted by atomic mass is 10.2. The average Bonchev–Trinajstić information content (AvgIpc) is 2.20. The van der Waals surface area contributed by atoms with E-state index in [1.54, 1.807) is 0 Å². The Hall–Kier alpha value is -1.10. The maximum Gasteiger partial charge on any atom is 0.149 e. The van der Waals surface area contributed by atoms with Crippen LogP contribution < -0.4 is 16.4 Å². The molecule has 1 aromatic heterocycles. The molecule has 88 valence electrons. The molecule has 1 aliphatic heterocycles. The van der Waals surface area contributed by atoms with Gasteiger partial charge in [0.1, 0.15) is 11.6 Å². The first-order valence-electron chi connectivity index (χ1n) is 5.39. The lowest BCUT2D eigenvalue weighted by Gasteiger charge is -2.38. The maximum atomic E-state index is 5.73. The van der Waals surface area contributed by atoms with Gasteiger partial charge >= 0.3 is 0 Å². The predicted octanol–water partition coefficient (Wildman–Crippen LogP) is 1.58. The molecule has 0 amide bonds. The van der Waals surface area contributed by atoms with E-state index in [1.165, 1.54) is 0 Å². The Morgan fingerprint density at radius 3 is 2.75 bits per heavy atom. The molecule has 0 saturated carbocycles. The summed E-state index contributed by atoms with van der Waals surface area (Å²) in [5.74, 6) is 2.48. The van der Waals surface area contributed by atoms with E-state index in [4.69, 9.17) is 11.5 Å². The predicted molar refractivity (Wildman–Crippen MR) is 71.8 cm³/mol. The molecular weight excluding hydrogens is 220 g/mol. The molecule has 0 aliphatic carbocycles. The minimum Gasteiger partial charge on any atom is -0.396 e. The maximum absolute atomic E-state index is 5.73. The Labute approximate surface area is 100 Å². The van der Waals surface area contributed by atoms with Crippen LogP contribution in [0.25, 0.3) is 0 Å². The normalized spacial score (nSPS) is 19.8. The molecule has 1 fully saturated rings. The molecule has 0 aromatic carbocycles. The number of aromatic nitrogens is 1. The molecular formula is C11H18N4S. The number of nitrogens with two attached hydrogens (primary N) is 2. The molecule has 0 atom stereocenters. The van der Waals surface area contributed by atoms with Gasteiger partial charge in [0.2, 0.25) is 0 Å². The number of hydrogen-bond acceptors (Lipinski definition) is 5. The largest absolute Gasteiger partial charge is 0.396 e. The second kappa shape index (κ2) is 4.05. The molecule has 0 spiro atoms. The molecule has 5 heteroatoms. The molecule has 4 N–H and O–H groups in total. The molecule has 1 aliphatic rings. The van der Waals surface area contributed by atoms with Crippen LogP contribution in [0.2, 0.25) is 0 Å². The Bertz CT molecular complexity index is 392. The quantitative estimate of drug-likeness (QED) is 0.777. The zero-order valence-corrected chi connectivity index (χ0v) is 10.5. The standard InChI is InChI=1S/C11H18N4S/c1-11(2)7-15(5-6-16-11)9-4-3-8(12)10(13)14-9/h3-4H,5-7,12H2,1-2H3,(H2,13,14). The number of pyridine rings is 1. The number of nitrogen functional groups attached to an aromatic ring is 2. The summed E-state index contributed by atoms with van der Waals surface area (Å²) in [6.45, 7) is 6.52. The van der Waals surface area contributed by atoms with Crippen molar-refractivity contribution in [2.45, 2.75) is 18.6 Å². The van der Waals surface area contributed by atoms with Gasteiger partial charge in [0, 0.05) is 23.6 Å². The fraction of sp³-hybridized carbons (Fsp3) is 0.545. The van der Waals surface area contributed by atoms with Crippen molar-refractivity contribution in [3.63, 3.8) is 0 Å². The highest BCUT2D eigenvalue weighted by Crippen LogP contribution is 2.32. The Morgan fingerprint density at radius 1 is 1.38 bits per heavy atom. The second-order valence-corrected chi connectivity index (χ2v) is 6.48. The van der Waals surface area contributed by atoms with Crippen molar-refractivity contribution in [2.75, 3.05) is 35.2 Å². The zero-order valence-electron chi connectivity index (χ0n) is 9.73. The van der Waals surface area contributed by atoms with Gasteiger partial charge in [0.05, 0.1) is 5.69 Å². The van der Waals surface area contributed by atoms with Gasteiger partial charge in [-0.25, -0.2) is 4.98 Å². The van der Waals surface area contributed by atoms with E-state index in [1.807, 2.05) is 23.9 Å². The molecule has 2 heterocycles. The molecule has 0 unspecified atom stereocenters. The first kappa shape index (κ1) is 11.4. The molecule has 0 bridgehead atoms. The minimum absolute atomic E-state index is 0.274. The van der Waals surface area contributed by atoms with Crippen LogP contribution in [0, 0.1) is 0 Å². The average molecular weight is 238 g/mol. The summed E-state index contributed by atoms with van der Waals surface area (Å²) >= 11 is 2.00. The van der Waals surface area contributed by atoms with Crippen LogP contribution in [0.1, 0.15) is 13.8 Å². The highest BCUT2D eigenvalue weighted by Gasteiger charge is 2.27. The fourth-order valence-electron chi connectivity index (χ4n) is 1.86. The lowest BCUT2D eigenvalue weighted by molar-refractivity contribution is 0.642. The van der Waals surface area contributed by atoms with Crippen molar-refractivity contribution < 1.29 is 0 Å². The molecule has 16 heavy (non-hydrogen) atoms. The number of nitrogens with zero attached hydrogens (tertiary/aromatic N) is 2. The van der Waals surface area contributed by atoms with Crippen LogP contribution in [-0.4, -0.2) is 28.6 Å². The van der Waals surface area contributed by atoms with E-state index in [0.29, 0.717) is 11.5 Å². The SMILES string of the molecule is CC1(C)CN(c2ccc(N)c(N)n2)CCS1. The monoisotopic (exact) mass is 238 g/mol. The molecule has 1 aromatic rings. The van der Waals surface area contributed by atoms with E-state index in [2.05, 4.69) is 23.7 Å². The number of rotatable bonds is 1. The fourth-order valence-corrected chi connectivity index (χ4v) is 2.97. The Balaban J connectivity index is 2.20. The van der Waals surface area contributed by atoms with Crippen molar-refractivity contribution in [3.8, 4) is 0 Å². The topological polar surface area (TPSA) is 68.2 Å². The van der Waals surface area contributed by atoms with E-state index in [0.717, 1.165) is 24.7 Å².